The fourth-order valence-corrected chi connectivity index (χ4v) is 5.57. The monoisotopic (exact) mass is 451 g/mol. The molecule has 0 radical (unpaired) electrons. The minimum Gasteiger partial charge on any atom is -0.481 e. The van der Waals surface area contributed by atoms with Gasteiger partial charge in [0.2, 0.25) is 0 Å². The van der Waals surface area contributed by atoms with E-state index in [0.717, 1.165) is 57.5 Å². The summed E-state index contributed by atoms with van der Waals surface area (Å²) >= 11 is 0. The molecule has 0 atom stereocenters. The summed E-state index contributed by atoms with van der Waals surface area (Å²) in [6, 6.07) is 13.8. The number of rotatable bonds is 9. The number of ether oxygens (including phenoxy) is 1. The quantitative estimate of drug-likeness (QED) is 0.496. The van der Waals surface area contributed by atoms with Crippen LogP contribution in [0.5, 0.6) is 0 Å². The first-order chi connectivity index (χ1) is 16.0. The number of piperidine rings is 1. The number of fused-ring (bicyclic) bond motifs is 1. The second kappa shape index (κ2) is 11.5. The van der Waals surface area contributed by atoms with Gasteiger partial charge >= 0.3 is 5.97 Å². The third kappa shape index (κ3) is 7.04. The number of benzene rings is 2. The predicted octanol–water partition coefficient (Wildman–Crippen LogP) is 6.16. The second-order valence-electron chi connectivity index (χ2n) is 10.9. The van der Waals surface area contributed by atoms with Gasteiger partial charge in [-0.1, -0.05) is 44.2 Å². The molecule has 2 aliphatic rings. The smallest absolute Gasteiger partial charge is 0.306 e. The van der Waals surface area contributed by atoms with Crippen LogP contribution in [-0.2, 0) is 22.5 Å². The average molecular weight is 452 g/mol. The lowest BCUT2D eigenvalue weighted by atomic mass is 9.79. The summed E-state index contributed by atoms with van der Waals surface area (Å²) in [5, 5.41) is 11.8. The zero-order chi connectivity index (χ0) is 23.2. The highest BCUT2D eigenvalue weighted by Crippen LogP contribution is 2.32. The van der Waals surface area contributed by atoms with Crippen molar-refractivity contribution in [3.63, 3.8) is 0 Å². The molecule has 0 aromatic heterocycles. The van der Waals surface area contributed by atoms with Crippen LogP contribution >= 0.6 is 0 Å². The molecule has 2 aromatic carbocycles. The lowest BCUT2D eigenvalue weighted by Crippen LogP contribution is -2.35. The van der Waals surface area contributed by atoms with Gasteiger partial charge in [0.25, 0.3) is 0 Å². The first-order valence-corrected chi connectivity index (χ1v) is 13.0. The highest BCUT2D eigenvalue weighted by atomic mass is 16.5. The zero-order valence-electron chi connectivity index (χ0n) is 20.5. The Hall–Kier alpha value is -1.91. The van der Waals surface area contributed by atoms with Crippen molar-refractivity contribution < 1.29 is 14.6 Å². The lowest BCUT2D eigenvalue weighted by molar-refractivity contribution is -0.143. The van der Waals surface area contributed by atoms with Crippen molar-refractivity contribution in [2.45, 2.75) is 65.3 Å². The van der Waals surface area contributed by atoms with Crippen LogP contribution in [0.1, 0.15) is 63.5 Å². The molecule has 1 heterocycles. The van der Waals surface area contributed by atoms with Crippen molar-refractivity contribution in [1.29, 1.82) is 0 Å². The molecule has 0 amide bonds. The highest BCUT2D eigenvalue weighted by molar-refractivity contribution is 5.83. The molecule has 1 saturated carbocycles. The van der Waals surface area contributed by atoms with Gasteiger partial charge in [-0.2, -0.15) is 0 Å². The van der Waals surface area contributed by atoms with E-state index in [0.29, 0.717) is 5.92 Å². The van der Waals surface area contributed by atoms with Gasteiger partial charge in [-0.05, 0) is 104 Å². The van der Waals surface area contributed by atoms with E-state index in [4.69, 9.17) is 4.74 Å². The molecule has 4 nitrogen and oxygen atoms in total. The Morgan fingerprint density at radius 2 is 1.55 bits per heavy atom. The molecule has 33 heavy (non-hydrogen) atoms. The molecule has 1 N–H and O–H groups in total. The van der Waals surface area contributed by atoms with E-state index in [1.807, 2.05) is 0 Å². The Balaban J connectivity index is 1.26. The maximum Gasteiger partial charge on any atom is 0.306 e. The minimum absolute atomic E-state index is 0.162. The molecule has 1 aliphatic heterocycles. The first-order valence-electron chi connectivity index (χ1n) is 13.0. The average Bonchev–Trinajstić information content (AvgIpc) is 2.80. The Kier molecular flexibility index (Phi) is 8.43. The summed E-state index contributed by atoms with van der Waals surface area (Å²) in [6.07, 6.45) is 7.98. The van der Waals surface area contributed by atoms with Crippen LogP contribution in [-0.4, -0.2) is 42.3 Å². The number of aliphatic carboxylic acids is 1. The third-order valence-corrected chi connectivity index (χ3v) is 7.61. The number of carboxylic acid groups (broad SMARTS) is 1. The normalized spacial score (nSPS) is 22.8. The van der Waals surface area contributed by atoms with Crippen LogP contribution in [0.15, 0.2) is 36.4 Å². The van der Waals surface area contributed by atoms with Crippen molar-refractivity contribution in [2.75, 3.05) is 26.3 Å². The van der Waals surface area contributed by atoms with Crippen molar-refractivity contribution in [1.82, 2.24) is 4.90 Å². The predicted molar refractivity (Wildman–Crippen MR) is 134 cm³/mol. The van der Waals surface area contributed by atoms with Crippen LogP contribution in [0.3, 0.4) is 0 Å². The van der Waals surface area contributed by atoms with Gasteiger partial charge in [-0.25, -0.2) is 0 Å². The summed E-state index contributed by atoms with van der Waals surface area (Å²) in [6.45, 7) is 8.93. The summed E-state index contributed by atoms with van der Waals surface area (Å²) in [7, 11) is 0. The highest BCUT2D eigenvalue weighted by Gasteiger charge is 2.24. The van der Waals surface area contributed by atoms with E-state index < -0.39 is 5.97 Å². The van der Waals surface area contributed by atoms with Crippen LogP contribution in [0.2, 0.25) is 0 Å². The largest absolute Gasteiger partial charge is 0.481 e. The van der Waals surface area contributed by atoms with E-state index >= 15 is 0 Å². The van der Waals surface area contributed by atoms with Crippen LogP contribution in [0.25, 0.3) is 10.8 Å². The number of likely N-dealkylation sites (tertiary alicyclic amines) is 1. The summed E-state index contributed by atoms with van der Waals surface area (Å²) in [5.41, 5.74) is 2.78. The maximum absolute atomic E-state index is 11.2. The lowest BCUT2D eigenvalue weighted by Gasteiger charge is -2.30. The molecular weight excluding hydrogens is 410 g/mol. The zero-order valence-corrected chi connectivity index (χ0v) is 20.5. The van der Waals surface area contributed by atoms with E-state index in [1.54, 1.807) is 0 Å². The first kappa shape index (κ1) is 24.2. The van der Waals surface area contributed by atoms with E-state index in [2.05, 4.69) is 55.1 Å². The van der Waals surface area contributed by atoms with Crippen LogP contribution < -0.4 is 0 Å². The Morgan fingerprint density at radius 1 is 0.939 bits per heavy atom. The van der Waals surface area contributed by atoms with Crippen molar-refractivity contribution >= 4 is 16.7 Å². The van der Waals surface area contributed by atoms with Gasteiger partial charge in [-0.3, -0.25) is 9.69 Å². The summed E-state index contributed by atoms with van der Waals surface area (Å²) < 4.78 is 5.88. The molecule has 0 bridgehead atoms. The van der Waals surface area contributed by atoms with E-state index in [1.165, 1.54) is 54.0 Å². The van der Waals surface area contributed by atoms with Gasteiger partial charge in [0.15, 0.2) is 0 Å². The SMILES string of the molecule is CC(C)COCC1CCC(Cc2ccc3cc(CN4CCC(C(=O)O)CC4)ccc3c2)CC1. The van der Waals surface area contributed by atoms with Crippen molar-refractivity contribution in [2.24, 2.45) is 23.7 Å². The van der Waals surface area contributed by atoms with E-state index in [9.17, 15) is 9.90 Å². The maximum atomic E-state index is 11.2. The summed E-state index contributed by atoms with van der Waals surface area (Å²) in [5.74, 6) is 1.38. The van der Waals surface area contributed by atoms with Gasteiger partial charge in [0, 0.05) is 19.8 Å². The third-order valence-electron chi connectivity index (χ3n) is 7.61. The Labute approximate surface area is 199 Å². The van der Waals surface area contributed by atoms with Gasteiger partial charge in [0.1, 0.15) is 0 Å². The van der Waals surface area contributed by atoms with Crippen molar-refractivity contribution in [3.8, 4) is 0 Å². The van der Waals surface area contributed by atoms with E-state index in [-0.39, 0.29) is 5.92 Å². The number of carboxylic acids is 1. The van der Waals surface area contributed by atoms with Gasteiger partial charge < -0.3 is 9.84 Å². The molecule has 0 unspecified atom stereocenters. The molecule has 1 saturated heterocycles. The Bertz CT molecular complexity index is 908. The molecule has 2 aromatic rings. The molecule has 4 rings (SSSR count). The van der Waals surface area contributed by atoms with Crippen molar-refractivity contribution in [3.05, 3.63) is 47.5 Å². The molecule has 0 spiro atoms. The molecule has 1 aliphatic carbocycles. The molecule has 2 fully saturated rings. The van der Waals surface area contributed by atoms with Crippen LogP contribution in [0.4, 0.5) is 0 Å². The molecule has 4 heteroatoms. The van der Waals surface area contributed by atoms with Crippen LogP contribution in [0, 0.1) is 23.7 Å². The fourth-order valence-electron chi connectivity index (χ4n) is 5.57. The fraction of sp³-hybridized carbons (Fsp3) is 0.621. The number of nitrogens with zero attached hydrogens (tertiary/aromatic N) is 1. The molecular formula is C29H41NO3. The topological polar surface area (TPSA) is 49.8 Å². The number of hydrogen-bond donors (Lipinski definition) is 1. The summed E-state index contributed by atoms with van der Waals surface area (Å²) in [4.78, 5) is 13.6. The molecule has 180 valence electrons. The van der Waals surface area contributed by atoms with Gasteiger partial charge in [0.05, 0.1) is 5.92 Å². The minimum atomic E-state index is -0.639. The Morgan fingerprint density at radius 3 is 2.18 bits per heavy atom. The number of hydrogen-bond acceptors (Lipinski definition) is 3. The second-order valence-corrected chi connectivity index (χ2v) is 10.9. The number of carbonyl (C=O) groups is 1. The van der Waals surface area contributed by atoms with Gasteiger partial charge in [-0.15, -0.1) is 0 Å². The standard InChI is InChI=1S/C29H41NO3/c1-21(2)19-33-20-23-5-3-22(4-6-23)15-24-7-9-28-17-25(8-10-27(28)16-24)18-30-13-11-26(12-14-30)29(31)32/h7-10,16-17,21-23,26H,3-6,11-15,18-20H2,1-2H3,(H,31,32).